The molecule has 0 saturated heterocycles. The predicted molar refractivity (Wildman–Crippen MR) is 74.7 cm³/mol. The van der Waals surface area contributed by atoms with Gasteiger partial charge in [0, 0.05) is 13.1 Å². The SMILES string of the molecule is COc1cccc(C(=O)N2Cc3ccccc3C2)c1O. The van der Waals surface area contributed by atoms with Crippen molar-refractivity contribution >= 4 is 5.91 Å². The molecule has 20 heavy (non-hydrogen) atoms. The van der Waals surface area contributed by atoms with E-state index in [-0.39, 0.29) is 17.2 Å². The summed E-state index contributed by atoms with van der Waals surface area (Å²) < 4.78 is 5.04. The number of hydrogen-bond donors (Lipinski definition) is 1. The summed E-state index contributed by atoms with van der Waals surface area (Å²) in [6, 6.07) is 12.9. The minimum atomic E-state index is -0.183. The Balaban J connectivity index is 1.89. The zero-order chi connectivity index (χ0) is 14.1. The molecule has 0 bridgehead atoms. The third kappa shape index (κ3) is 1.99. The number of methoxy groups -OCH3 is 1. The van der Waals surface area contributed by atoms with Gasteiger partial charge < -0.3 is 14.7 Å². The molecule has 0 fully saturated rings. The van der Waals surface area contributed by atoms with Gasteiger partial charge in [-0.25, -0.2) is 0 Å². The zero-order valence-corrected chi connectivity index (χ0v) is 11.2. The summed E-state index contributed by atoms with van der Waals surface area (Å²) >= 11 is 0. The quantitative estimate of drug-likeness (QED) is 0.911. The highest BCUT2D eigenvalue weighted by atomic mass is 16.5. The fourth-order valence-electron chi connectivity index (χ4n) is 2.51. The number of phenolic OH excluding ortho intramolecular Hbond substituents is 1. The van der Waals surface area contributed by atoms with E-state index in [2.05, 4.69) is 0 Å². The third-order valence-corrected chi connectivity index (χ3v) is 3.58. The lowest BCUT2D eigenvalue weighted by Crippen LogP contribution is -2.25. The molecule has 0 saturated carbocycles. The van der Waals surface area contributed by atoms with Gasteiger partial charge >= 0.3 is 0 Å². The Morgan fingerprint density at radius 2 is 1.75 bits per heavy atom. The number of rotatable bonds is 2. The second kappa shape index (κ2) is 4.89. The summed E-state index contributed by atoms with van der Waals surface area (Å²) in [6.07, 6.45) is 0. The number of benzene rings is 2. The maximum atomic E-state index is 12.5. The van der Waals surface area contributed by atoms with E-state index in [9.17, 15) is 9.90 Å². The van der Waals surface area contributed by atoms with Crippen LogP contribution in [0.5, 0.6) is 11.5 Å². The molecule has 0 atom stereocenters. The zero-order valence-electron chi connectivity index (χ0n) is 11.2. The Bertz CT molecular complexity index is 642. The number of aromatic hydroxyl groups is 1. The molecule has 0 unspecified atom stereocenters. The molecule has 0 radical (unpaired) electrons. The highest BCUT2D eigenvalue weighted by Crippen LogP contribution is 2.32. The van der Waals surface area contributed by atoms with Crippen LogP contribution in [0.25, 0.3) is 0 Å². The molecule has 1 aliphatic heterocycles. The first-order valence-corrected chi connectivity index (χ1v) is 6.42. The molecule has 4 heteroatoms. The molecule has 1 amide bonds. The van der Waals surface area contributed by atoms with Crippen LogP contribution >= 0.6 is 0 Å². The normalized spacial score (nSPS) is 13.2. The van der Waals surface area contributed by atoms with E-state index < -0.39 is 0 Å². The monoisotopic (exact) mass is 269 g/mol. The number of carbonyl (C=O) groups is 1. The van der Waals surface area contributed by atoms with Gasteiger partial charge in [0.15, 0.2) is 11.5 Å². The van der Waals surface area contributed by atoms with Crippen molar-refractivity contribution in [2.24, 2.45) is 0 Å². The van der Waals surface area contributed by atoms with Crippen LogP contribution in [0.1, 0.15) is 21.5 Å². The number of para-hydroxylation sites is 1. The summed E-state index contributed by atoms with van der Waals surface area (Å²) in [5.41, 5.74) is 2.59. The lowest BCUT2D eigenvalue weighted by atomic mass is 10.1. The first kappa shape index (κ1) is 12.5. The molecule has 1 aliphatic rings. The number of phenols is 1. The first-order valence-electron chi connectivity index (χ1n) is 6.42. The molecule has 1 heterocycles. The van der Waals surface area contributed by atoms with Crippen LogP contribution < -0.4 is 4.74 Å². The van der Waals surface area contributed by atoms with Gasteiger partial charge in [0.2, 0.25) is 0 Å². The number of hydrogen-bond acceptors (Lipinski definition) is 3. The minimum absolute atomic E-state index is 0.101. The van der Waals surface area contributed by atoms with E-state index in [4.69, 9.17) is 4.74 Å². The summed E-state index contributed by atoms with van der Waals surface area (Å²) in [5.74, 6) is 0.0288. The molecule has 2 aromatic carbocycles. The summed E-state index contributed by atoms with van der Waals surface area (Å²) in [6.45, 7) is 1.15. The number of amides is 1. The van der Waals surface area contributed by atoms with Gasteiger partial charge in [-0.2, -0.15) is 0 Å². The van der Waals surface area contributed by atoms with Crippen LogP contribution in [-0.4, -0.2) is 23.0 Å². The predicted octanol–water partition coefficient (Wildman–Crippen LogP) is 2.56. The smallest absolute Gasteiger partial charge is 0.258 e. The van der Waals surface area contributed by atoms with Crippen LogP contribution in [0, 0.1) is 0 Å². The largest absolute Gasteiger partial charge is 0.504 e. The van der Waals surface area contributed by atoms with Crippen LogP contribution in [0.3, 0.4) is 0 Å². The molecule has 2 aromatic rings. The highest BCUT2D eigenvalue weighted by molar-refractivity contribution is 5.97. The van der Waals surface area contributed by atoms with Gasteiger partial charge in [-0.1, -0.05) is 30.3 Å². The van der Waals surface area contributed by atoms with E-state index in [1.807, 2.05) is 24.3 Å². The summed E-state index contributed by atoms with van der Waals surface area (Å²) in [4.78, 5) is 14.2. The van der Waals surface area contributed by atoms with Crippen LogP contribution in [-0.2, 0) is 13.1 Å². The van der Waals surface area contributed by atoms with Gasteiger partial charge in [0.05, 0.1) is 12.7 Å². The number of fused-ring (bicyclic) bond motifs is 1. The molecule has 0 spiro atoms. The first-order chi connectivity index (χ1) is 9.70. The van der Waals surface area contributed by atoms with Crippen molar-refractivity contribution in [1.29, 1.82) is 0 Å². The standard InChI is InChI=1S/C16H15NO3/c1-20-14-8-4-7-13(15(14)18)16(19)17-9-11-5-2-3-6-12(11)10-17/h2-8,18H,9-10H2,1H3. The van der Waals surface area contributed by atoms with Crippen molar-refractivity contribution in [1.82, 2.24) is 4.90 Å². The van der Waals surface area contributed by atoms with E-state index >= 15 is 0 Å². The topological polar surface area (TPSA) is 49.8 Å². The second-order valence-corrected chi connectivity index (χ2v) is 4.79. The number of nitrogens with zero attached hydrogens (tertiary/aromatic N) is 1. The van der Waals surface area contributed by atoms with Gasteiger partial charge in [0.1, 0.15) is 0 Å². The molecule has 0 aromatic heterocycles. The van der Waals surface area contributed by atoms with Gasteiger partial charge in [-0.3, -0.25) is 4.79 Å². The Labute approximate surface area is 117 Å². The van der Waals surface area contributed by atoms with Gasteiger partial charge in [-0.05, 0) is 23.3 Å². The molecule has 3 rings (SSSR count). The lowest BCUT2D eigenvalue weighted by molar-refractivity contribution is 0.0747. The lowest BCUT2D eigenvalue weighted by Gasteiger charge is -2.17. The second-order valence-electron chi connectivity index (χ2n) is 4.79. The Hall–Kier alpha value is -2.49. The minimum Gasteiger partial charge on any atom is -0.504 e. The average molecular weight is 269 g/mol. The van der Waals surface area contributed by atoms with Gasteiger partial charge in [-0.15, -0.1) is 0 Å². The molecular weight excluding hydrogens is 254 g/mol. The van der Waals surface area contributed by atoms with E-state index in [1.165, 1.54) is 7.11 Å². The summed E-state index contributed by atoms with van der Waals surface area (Å²) in [5, 5.41) is 10.1. The van der Waals surface area contributed by atoms with E-state index in [1.54, 1.807) is 23.1 Å². The van der Waals surface area contributed by atoms with Crippen molar-refractivity contribution in [3.05, 3.63) is 59.2 Å². The van der Waals surface area contributed by atoms with Gasteiger partial charge in [0.25, 0.3) is 5.91 Å². The van der Waals surface area contributed by atoms with Crippen LogP contribution in [0.15, 0.2) is 42.5 Å². The molecular formula is C16H15NO3. The van der Waals surface area contributed by atoms with Crippen molar-refractivity contribution in [2.75, 3.05) is 7.11 Å². The Morgan fingerprint density at radius 3 is 2.35 bits per heavy atom. The molecule has 4 nitrogen and oxygen atoms in total. The molecule has 1 N–H and O–H groups in total. The van der Waals surface area contributed by atoms with Crippen molar-refractivity contribution in [2.45, 2.75) is 13.1 Å². The van der Waals surface area contributed by atoms with Crippen LogP contribution in [0.4, 0.5) is 0 Å². The average Bonchev–Trinajstić information content (AvgIpc) is 2.90. The number of carbonyl (C=O) groups excluding carboxylic acids is 1. The Kier molecular flexibility index (Phi) is 3.06. The summed E-state index contributed by atoms with van der Waals surface area (Å²) in [7, 11) is 1.47. The maximum Gasteiger partial charge on any atom is 0.258 e. The third-order valence-electron chi connectivity index (χ3n) is 3.58. The highest BCUT2D eigenvalue weighted by Gasteiger charge is 2.26. The Morgan fingerprint density at radius 1 is 1.10 bits per heavy atom. The van der Waals surface area contributed by atoms with E-state index in [0.29, 0.717) is 18.8 Å². The van der Waals surface area contributed by atoms with Crippen molar-refractivity contribution in [3.63, 3.8) is 0 Å². The maximum absolute atomic E-state index is 12.5. The molecule has 102 valence electrons. The van der Waals surface area contributed by atoms with Crippen LogP contribution in [0.2, 0.25) is 0 Å². The van der Waals surface area contributed by atoms with E-state index in [0.717, 1.165) is 11.1 Å². The fraction of sp³-hybridized carbons (Fsp3) is 0.188. The van der Waals surface area contributed by atoms with Crippen molar-refractivity contribution in [3.8, 4) is 11.5 Å². The molecule has 0 aliphatic carbocycles. The number of ether oxygens (including phenoxy) is 1. The van der Waals surface area contributed by atoms with Crippen molar-refractivity contribution < 1.29 is 14.6 Å². The fourth-order valence-corrected chi connectivity index (χ4v) is 2.51.